The van der Waals surface area contributed by atoms with Crippen LogP contribution in [0.5, 0.6) is 0 Å². The highest BCUT2D eigenvalue weighted by molar-refractivity contribution is 5.81. The molecule has 0 unspecified atom stereocenters. The molecule has 2 atom stereocenters. The first-order valence-corrected chi connectivity index (χ1v) is 5.07. The van der Waals surface area contributed by atoms with Gasteiger partial charge in [0.25, 0.3) is 0 Å². The molecule has 0 N–H and O–H groups in total. The molecule has 0 radical (unpaired) electrons. The summed E-state index contributed by atoms with van der Waals surface area (Å²) in [4.78, 5) is 11.2. The van der Waals surface area contributed by atoms with E-state index in [9.17, 15) is 4.79 Å². The second kappa shape index (κ2) is 2.55. The van der Waals surface area contributed by atoms with Gasteiger partial charge in [-0.2, -0.15) is 0 Å². The summed E-state index contributed by atoms with van der Waals surface area (Å²) in [6, 6.07) is 0. The first-order valence-electron chi connectivity index (χ1n) is 5.07. The van der Waals surface area contributed by atoms with Gasteiger partial charge < -0.3 is 9.47 Å². The number of rotatable bonds is 0. The van der Waals surface area contributed by atoms with Crippen LogP contribution in [0.3, 0.4) is 0 Å². The molecule has 3 heteroatoms. The van der Waals surface area contributed by atoms with Crippen molar-refractivity contribution in [1.29, 1.82) is 0 Å². The van der Waals surface area contributed by atoms with Gasteiger partial charge in [-0.3, -0.25) is 4.79 Å². The predicted molar refractivity (Wildman–Crippen MR) is 45.1 cm³/mol. The third-order valence-electron chi connectivity index (χ3n) is 3.61. The highest BCUT2D eigenvalue weighted by atomic mass is 16.7. The smallest absolute Gasteiger partial charge is 0.169 e. The molecule has 2 saturated carbocycles. The third-order valence-corrected chi connectivity index (χ3v) is 3.61. The molecule has 3 aliphatic rings. The summed E-state index contributed by atoms with van der Waals surface area (Å²) in [5, 5.41) is 0. The van der Waals surface area contributed by atoms with Gasteiger partial charge in [-0.1, -0.05) is 0 Å². The molecule has 1 aliphatic heterocycles. The van der Waals surface area contributed by atoms with Crippen LogP contribution in [-0.2, 0) is 14.3 Å². The molecule has 2 aliphatic carbocycles. The van der Waals surface area contributed by atoms with E-state index in [0.717, 1.165) is 38.9 Å². The molecule has 1 spiro atoms. The monoisotopic (exact) mass is 182 g/mol. The van der Waals surface area contributed by atoms with Crippen molar-refractivity contribution in [3.8, 4) is 0 Å². The van der Waals surface area contributed by atoms with Crippen molar-refractivity contribution in [3.05, 3.63) is 0 Å². The van der Waals surface area contributed by atoms with E-state index in [1.807, 2.05) is 0 Å². The van der Waals surface area contributed by atoms with E-state index in [1.54, 1.807) is 0 Å². The van der Waals surface area contributed by atoms with E-state index in [2.05, 4.69) is 0 Å². The van der Waals surface area contributed by atoms with Crippen LogP contribution < -0.4 is 0 Å². The lowest BCUT2D eigenvalue weighted by Crippen LogP contribution is -2.27. The number of ether oxygens (including phenoxy) is 2. The summed E-state index contributed by atoms with van der Waals surface area (Å²) in [6.45, 7) is 1.46. The summed E-state index contributed by atoms with van der Waals surface area (Å²) in [5.74, 6) is 1.25. The van der Waals surface area contributed by atoms with Crippen molar-refractivity contribution < 1.29 is 14.3 Å². The van der Waals surface area contributed by atoms with Crippen molar-refractivity contribution in [1.82, 2.24) is 0 Å². The van der Waals surface area contributed by atoms with Gasteiger partial charge in [0.15, 0.2) is 5.79 Å². The molecule has 72 valence electrons. The molecule has 1 heterocycles. The molecular weight excluding hydrogens is 168 g/mol. The number of hydrogen-bond donors (Lipinski definition) is 0. The van der Waals surface area contributed by atoms with Crippen LogP contribution in [-0.4, -0.2) is 24.8 Å². The van der Waals surface area contributed by atoms with Crippen molar-refractivity contribution in [2.75, 3.05) is 13.2 Å². The predicted octanol–water partition coefficient (Wildman–Crippen LogP) is 1.12. The molecular formula is C10H14O3. The Hall–Kier alpha value is -0.410. The highest BCUT2D eigenvalue weighted by Crippen LogP contribution is 2.50. The first-order chi connectivity index (χ1) is 6.27. The Bertz CT molecular complexity index is 225. The molecule has 3 nitrogen and oxygen atoms in total. The van der Waals surface area contributed by atoms with E-state index < -0.39 is 0 Å². The van der Waals surface area contributed by atoms with Crippen molar-refractivity contribution >= 4 is 5.78 Å². The quantitative estimate of drug-likeness (QED) is 0.563. The van der Waals surface area contributed by atoms with Crippen molar-refractivity contribution in [2.24, 2.45) is 11.8 Å². The number of fused-ring (bicyclic) bond motifs is 1. The standard InChI is InChI=1S/C10H14O3/c11-9-3-7-5-10(6-8(7)4-9)12-1-2-13-10/h7-8H,1-6H2/t7-,8-/m1/s1. The van der Waals surface area contributed by atoms with Crippen molar-refractivity contribution in [2.45, 2.75) is 31.5 Å². The molecule has 13 heavy (non-hydrogen) atoms. The highest BCUT2D eigenvalue weighted by Gasteiger charge is 2.52. The molecule has 3 fully saturated rings. The second-order valence-corrected chi connectivity index (χ2v) is 4.48. The van der Waals surface area contributed by atoms with E-state index >= 15 is 0 Å². The van der Waals surface area contributed by atoms with Gasteiger partial charge in [-0.25, -0.2) is 0 Å². The van der Waals surface area contributed by atoms with Gasteiger partial charge in [-0.15, -0.1) is 0 Å². The number of ketones is 1. The summed E-state index contributed by atoms with van der Waals surface area (Å²) in [6.07, 6.45) is 3.42. The van der Waals surface area contributed by atoms with Gasteiger partial charge in [-0.05, 0) is 11.8 Å². The normalized spacial score (nSPS) is 41.7. The number of carbonyl (C=O) groups excluding carboxylic acids is 1. The van der Waals surface area contributed by atoms with Crippen molar-refractivity contribution in [3.63, 3.8) is 0 Å². The zero-order chi connectivity index (χ0) is 8.89. The Labute approximate surface area is 77.4 Å². The summed E-state index contributed by atoms with van der Waals surface area (Å²) in [5.41, 5.74) is 0. The lowest BCUT2D eigenvalue weighted by molar-refractivity contribution is -0.156. The van der Waals surface area contributed by atoms with E-state index in [4.69, 9.17) is 9.47 Å². The molecule has 0 aromatic rings. The number of Topliss-reactive ketones (excluding diaryl/α,β-unsaturated/α-hetero) is 1. The first kappa shape index (κ1) is 7.94. The maximum Gasteiger partial charge on any atom is 0.169 e. The third kappa shape index (κ3) is 1.14. The van der Waals surface area contributed by atoms with Crippen LogP contribution in [0.2, 0.25) is 0 Å². The lowest BCUT2D eigenvalue weighted by atomic mass is 10.0. The summed E-state index contributed by atoms with van der Waals surface area (Å²) < 4.78 is 11.3. The minimum absolute atomic E-state index is 0.282. The van der Waals surface area contributed by atoms with Crippen LogP contribution in [0, 0.1) is 11.8 Å². The molecule has 1 saturated heterocycles. The largest absolute Gasteiger partial charge is 0.348 e. The zero-order valence-electron chi connectivity index (χ0n) is 7.62. The molecule has 3 rings (SSSR count). The minimum atomic E-state index is -0.282. The van der Waals surface area contributed by atoms with Crippen LogP contribution in [0.4, 0.5) is 0 Å². The molecule has 0 amide bonds. The van der Waals surface area contributed by atoms with Crippen LogP contribution >= 0.6 is 0 Å². The summed E-state index contributed by atoms with van der Waals surface area (Å²) in [7, 11) is 0. The molecule has 0 bridgehead atoms. The maximum atomic E-state index is 11.2. The Kier molecular flexibility index (Phi) is 1.56. The van der Waals surface area contributed by atoms with Gasteiger partial charge in [0.05, 0.1) is 13.2 Å². The fraction of sp³-hybridized carbons (Fsp3) is 0.900. The minimum Gasteiger partial charge on any atom is -0.348 e. The fourth-order valence-corrected chi connectivity index (χ4v) is 3.09. The topological polar surface area (TPSA) is 35.5 Å². The number of hydrogen-bond acceptors (Lipinski definition) is 3. The van der Waals surface area contributed by atoms with Gasteiger partial charge in [0, 0.05) is 25.7 Å². The number of carbonyl (C=O) groups is 1. The second-order valence-electron chi connectivity index (χ2n) is 4.48. The van der Waals surface area contributed by atoms with Crippen LogP contribution in [0.15, 0.2) is 0 Å². The molecule has 0 aromatic carbocycles. The van der Waals surface area contributed by atoms with Crippen LogP contribution in [0.1, 0.15) is 25.7 Å². The summed E-state index contributed by atoms with van der Waals surface area (Å²) >= 11 is 0. The van der Waals surface area contributed by atoms with E-state index in [-0.39, 0.29) is 5.79 Å². The average Bonchev–Trinajstić information content (AvgIpc) is 2.67. The lowest BCUT2D eigenvalue weighted by Gasteiger charge is -2.22. The van der Waals surface area contributed by atoms with Gasteiger partial charge >= 0.3 is 0 Å². The fourth-order valence-electron chi connectivity index (χ4n) is 3.09. The zero-order valence-corrected chi connectivity index (χ0v) is 7.62. The van der Waals surface area contributed by atoms with E-state index in [0.29, 0.717) is 17.6 Å². The van der Waals surface area contributed by atoms with E-state index in [1.165, 1.54) is 0 Å². The van der Waals surface area contributed by atoms with Gasteiger partial charge in [0.2, 0.25) is 0 Å². The van der Waals surface area contributed by atoms with Gasteiger partial charge in [0.1, 0.15) is 5.78 Å². The Balaban J connectivity index is 1.77. The average molecular weight is 182 g/mol. The maximum absolute atomic E-state index is 11.2. The van der Waals surface area contributed by atoms with Crippen LogP contribution in [0.25, 0.3) is 0 Å². The Morgan fingerprint density at radius 2 is 1.62 bits per heavy atom. The SMILES string of the molecule is O=C1C[C@@H]2CC3(C[C@H]2C1)OCCO3. The Morgan fingerprint density at radius 3 is 2.15 bits per heavy atom. The Morgan fingerprint density at radius 1 is 1.08 bits per heavy atom. The molecule has 0 aromatic heterocycles.